The molecule has 0 fully saturated rings. The van der Waals surface area contributed by atoms with Crippen LogP contribution < -0.4 is 4.74 Å². The van der Waals surface area contributed by atoms with Gasteiger partial charge in [-0.05, 0) is 24.3 Å². The van der Waals surface area contributed by atoms with E-state index in [1.807, 2.05) is 12.1 Å². The smallest absolute Gasteiger partial charge is 0.146 e. The molecule has 0 saturated carbocycles. The van der Waals surface area contributed by atoms with E-state index in [0.717, 1.165) is 0 Å². The average molecular weight is 255 g/mol. The zero-order valence-electron chi connectivity index (χ0n) is 9.22. The average Bonchev–Trinajstić information content (AvgIpc) is 2.40. The van der Waals surface area contributed by atoms with Gasteiger partial charge in [-0.1, -0.05) is 29.8 Å². The Morgan fingerprint density at radius 2 is 1.61 bits per heavy atom. The van der Waals surface area contributed by atoms with Crippen molar-refractivity contribution in [1.29, 1.82) is 10.5 Å². The normalized spacial score (nSPS) is 9.28. The molecule has 2 rings (SSSR count). The van der Waals surface area contributed by atoms with Crippen LogP contribution in [0, 0.1) is 22.7 Å². The second kappa shape index (κ2) is 5.23. The maximum Gasteiger partial charge on any atom is 0.146 e. The van der Waals surface area contributed by atoms with Crippen molar-refractivity contribution in [2.75, 3.05) is 0 Å². The summed E-state index contributed by atoms with van der Waals surface area (Å²) in [7, 11) is 0. The van der Waals surface area contributed by atoms with Gasteiger partial charge in [-0.2, -0.15) is 10.5 Å². The van der Waals surface area contributed by atoms with Crippen molar-refractivity contribution in [2.45, 2.75) is 0 Å². The SMILES string of the molecule is N#Cc1ccccc1Oc1cccc(Cl)c1C#N. The third kappa shape index (κ3) is 2.27. The van der Waals surface area contributed by atoms with Crippen molar-refractivity contribution in [3.05, 3.63) is 58.6 Å². The monoisotopic (exact) mass is 254 g/mol. The van der Waals surface area contributed by atoms with Crippen LogP contribution in [0.1, 0.15) is 11.1 Å². The predicted octanol–water partition coefficient (Wildman–Crippen LogP) is 3.88. The molecule has 0 heterocycles. The van der Waals surface area contributed by atoms with Gasteiger partial charge in [0.15, 0.2) is 0 Å². The van der Waals surface area contributed by atoms with Crippen LogP contribution in [-0.2, 0) is 0 Å². The van der Waals surface area contributed by atoms with Crippen molar-refractivity contribution in [3.8, 4) is 23.6 Å². The molecular weight excluding hydrogens is 248 g/mol. The molecule has 0 aliphatic carbocycles. The summed E-state index contributed by atoms with van der Waals surface area (Å²) in [5.41, 5.74) is 0.660. The van der Waals surface area contributed by atoms with Gasteiger partial charge in [0.25, 0.3) is 0 Å². The Morgan fingerprint density at radius 1 is 0.889 bits per heavy atom. The Bertz CT molecular complexity index is 668. The summed E-state index contributed by atoms with van der Waals surface area (Å²) < 4.78 is 5.57. The van der Waals surface area contributed by atoms with E-state index in [0.29, 0.717) is 22.1 Å². The Labute approximate surface area is 109 Å². The fourth-order valence-electron chi connectivity index (χ4n) is 1.46. The van der Waals surface area contributed by atoms with Gasteiger partial charge >= 0.3 is 0 Å². The number of benzene rings is 2. The number of hydrogen-bond acceptors (Lipinski definition) is 3. The minimum absolute atomic E-state index is 0.256. The van der Waals surface area contributed by atoms with Crippen molar-refractivity contribution in [3.63, 3.8) is 0 Å². The number of hydrogen-bond donors (Lipinski definition) is 0. The minimum atomic E-state index is 0.256. The van der Waals surface area contributed by atoms with Gasteiger partial charge in [-0.3, -0.25) is 0 Å². The molecule has 0 spiro atoms. The molecule has 0 amide bonds. The van der Waals surface area contributed by atoms with E-state index in [1.54, 1.807) is 42.5 Å². The highest BCUT2D eigenvalue weighted by Gasteiger charge is 2.10. The molecule has 86 valence electrons. The lowest BCUT2D eigenvalue weighted by Gasteiger charge is -2.09. The third-order valence-electron chi connectivity index (χ3n) is 2.31. The topological polar surface area (TPSA) is 56.8 Å². The first-order valence-corrected chi connectivity index (χ1v) is 5.49. The van der Waals surface area contributed by atoms with E-state index in [2.05, 4.69) is 0 Å². The largest absolute Gasteiger partial charge is 0.455 e. The van der Waals surface area contributed by atoms with Gasteiger partial charge in [0.1, 0.15) is 29.2 Å². The molecule has 2 aromatic rings. The van der Waals surface area contributed by atoms with Gasteiger partial charge in [0.05, 0.1) is 10.6 Å². The Morgan fingerprint density at radius 3 is 2.33 bits per heavy atom. The molecule has 2 aromatic carbocycles. The maximum absolute atomic E-state index is 9.02. The first-order chi connectivity index (χ1) is 8.76. The van der Waals surface area contributed by atoms with E-state index in [9.17, 15) is 0 Å². The van der Waals surface area contributed by atoms with Crippen LogP contribution in [0.5, 0.6) is 11.5 Å². The Balaban J connectivity index is 2.45. The number of nitriles is 2. The molecule has 0 aliphatic rings. The molecular formula is C14H7ClN2O. The van der Waals surface area contributed by atoms with Gasteiger partial charge in [0.2, 0.25) is 0 Å². The van der Waals surface area contributed by atoms with Crippen LogP contribution in [0.15, 0.2) is 42.5 Å². The summed E-state index contributed by atoms with van der Waals surface area (Å²) in [4.78, 5) is 0. The number of halogens is 1. The molecule has 0 aromatic heterocycles. The summed E-state index contributed by atoms with van der Waals surface area (Å²) >= 11 is 5.90. The number of nitrogens with zero attached hydrogens (tertiary/aromatic N) is 2. The fraction of sp³-hybridized carbons (Fsp3) is 0. The van der Waals surface area contributed by atoms with Crippen LogP contribution in [0.3, 0.4) is 0 Å². The summed E-state index contributed by atoms with van der Waals surface area (Å²) in [5, 5.41) is 18.3. The van der Waals surface area contributed by atoms with E-state index in [1.165, 1.54) is 0 Å². The van der Waals surface area contributed by atoms with Crippen LogP contribution in [-0.4, -0.2) is 0 Å². The van der Waals surface area contributed by atoms with Crippen LogP contribution in [0.25, 0.3) is 0 Å². The standard InChI is InChI=1S/C14H7ClN2O/c15-12-5-3-7-14(11(12)9-17)18-13-6-2-1-4-10(13)8-16/h1-7H. The van der Waals surface area contributed by atoms with Gasteiger partial charge in [-0.15, -0.1) is 0 Å². The molecule has 0 atom stereocenters. The molecule has 0 radical (unpaired) electrons. The number of ether oxygens (including phenoxy) is 1. The van der Waals surface area contributed by atoms with E-state index in [-0.39, 0.29) is 5.56 Å². The number of para-hydroxylation sites is 1. The molecule has 0 N–H and O–H groups in total. The molecule has 0 unspecified atom stereocenters. The lowest BCUT2D eigenvalue weighted by molar-refractivity contribution is 0.479. The van der Waals surface area contributed by atoms with Crippen molar-refractivity contribution in [1.82, 2.24) is 0 Å². The fourth-order valence-corrected chi connectivity index (χ4v) is 1.67. The summed E-state index contributed by atoms with van der Waals surface area (Å²) in [5.74, 6) is 0.742. The molecule has 0 aliphatic heterocycles. The summed E-state index contributed by atoms with van der Waals surface area (Å²) in [6, 6.07) is 15.8. The highest BCUT2D eigenvalue weighted by molar-refractivity contribution is 6.31. The summed E-state index contributed by atoms with van der Waals surface area (Å²) in [6.07, 6.45) is 0. The lowest BCUT2D eigenvalue weighted by Crippen LogP contribution is -1.91. The predicted molar refractivity (Wildman–Crippen MR) is 67.4 cm³/mol. The summed E-state index contributed by atoms with van der Waals surface area (Å²) in [6.45, 7) is 0. The third-order valence-corrected chi connectivity index (χ3v) is 2.63. The van der Waals surface area contributed by atoms with Crippen molar-refractivity contribution < 1.29 is 4.74 Å². The lowest BCUT2D eigenvalue weighted by atomic mass is 10.2. The highest BCUT2D eigenvalue weighted by Crippen LogP contribution is 2.31. The first-order valence-electron chi connectivity index (χ1n) is 5.12. The van der Waals surface area contributed by atoms with Crippen LogP contribution >= 0.6 is 11.6 Å². The zero-order chi connectivity index (χ0) is 13.0. The molecule has 4 heteroatoms. The quantitative estimate of drug-likeness (QED) is 0.817. The second-order valence-corrected chi connectivity index (χ2v) is 3.84. The van der Waals surface area contributed by atoms with Crippen LogP contribution in [0.4, 0.5) is 0 Å². The van der Waals surface area contributed by atoms with Gasteiger partial charge in [-0.25, -0.2) is 0 Å². The first kappa shape index (κ1) is 12.0. The molecule has 0 saturated heterocycles. The van der Waals surface area contributed by atoms with Crippen LogP contribution in [0.2, 0.25) is 5.02 Å². The van der Waals surface area contributed by atoms with Gasteiger partial charge in [0, 0.05) is 0 Å². The van der Waals surface area contributed by atoms with Crippen molar-refractivity contribution >= 4 is 11.6 Å². The van der Waals surface area contributed by atoms with E-state index in [4.69, 9.17) is 26.9 Å². The Hall–Kier alpha value is -2.49. The second-order valence-electron chi connectivity index (χ2n) is 3.43. The highest BCUT2D eigenvalue weighted by atomic mass is 35.5. The minimum Gasteiger partial charge on any atom is -0.455 e. The zero-order valence-corrected chi connectivity index (χ0v) is 9.98. The van der Waals surface area contributed by atoms with E-state index < -0.39 is 0 Å². The molecule has 0 bridgehead atoms. The van der Waals surface area contributed by atoms with Crippen molar-refractivity contribution in [2.24, 2.45) is 0 Å². The van der Waals surface area contributed by atoms with E-state index >= 15 is 0 Å². The Kier molecular flexibility index (Phi) is 3.48. The molecule has 18 heavy (non-hydrogen) atoms. The maximum atomic E-state index is 9.02. The number of rotatable bonds is 2. The molecule has 3 nitrogen and oxygen atoms in total. The van der Waals surface area contributed by atoms with Gasteiger partial charge < -0.3 is 4.74 Å².